The molecule has 0 heterocycles. The Hall–Kier alpha value is -3.32. The summed E-state index contributed by atoms with van der Waals surface area (Å²) < 4.78 is 0. The van der Waals surface area contributed by atoms with Crippen molar-refractivity contribution in [1.82, 2.24) is 0 Å². The van der Waals surface area contributed by atoms with Gasteiger partial charge >= 0.3 is 0 Å². The normalized spacial score (nSPS) is 14.1. The van der Waals surface area contributed by atoms with Crippen molar-refractivity contribution in [2.45, 2.75) is 85.1 Å². The van der Waals surface area contributed by atoms with E-state index in [1.54, 1.807) is 0 Å². The Bertz CT molecular complexity index is 1460. The molecule has 0 N–H and O–H groups in total. The third-order valence-corrected chi connectivity index (χ3v) is 8.24. The Morgan fingerprint density at radius 3 is 1.89 bits per heavy atom. The molecule has 0 radical (unpaired) electrons. The molecule has 1 nitrogen and oxygen atoms in total. The maximum absolute atomic E-state index is 2.67. The molecule has 38 heavy (non-hydrogen) atoms. The Kier molecular flexibility index (Phi) is 6.54. The van der Waals surface area contributed by atoms with E-state index in [-0.39, 0.29) is 11.0 Å². The Morgan fingerprint density at radius 1 is 0.632 bits per heavy atom. The predicted molar refractivity (Wildman–Crippen MR) is 166 cm³/mol. The molecule has 0 spiro atoms. The number of hydrogen-bond acceptors (Lipinski definition) is 1. The summed E-state index contributed by atoms with van der Waals surface area (Å²) in [7, 11) is 0. The summed E-state index contributed by atoms with van der Waals surface area (Å²) in [6, 6.07) is 31.6. The molecule has 4 aromatic carbocycles. The lowest BCUT2D eigenvalue weighted by atomic mass is 9.78. The number of fused-ring (bicyclic) bond motifs is 3. The van der Waals surface area contributed by atoms with Crippen LogP contribution >= 0.6 is 0 Å². The fraction of sp³-hybridized carbons (Fsp3) is 0.351. The van der Waals surface area contributed by atoms with E-state index in [2.05, 4.69) is 152 Å². The molecule has 0 bridgehead atoms. The minimum Gasteiger partial charge on any atom is -0.335 e. The van der Waals surface area contributed by atoms with Crippen LogP contribution in [0.3, 0.4) is 0 Å². The van der Waals surface area contributed by atoms with Crippen molar-refractivity contribution in [2.75, 3.05) is 4.90 Å². The van der Waals surface area contributed by atoms with E-state index in [9.17, 15) is 0 Å². The molecule has 4 aromatic rings. The van der Waals surface area contributed by atoms with Crippen molar-refractivity contribution >= 4 is 11.4 Å². The van der Waals surface area contributed by atoms with Crippen LogP contribution in [0.5, 0.6) is 0 Å². The first kappa shape index (κ1) is 26.3. The smallest absolute Gasteiger partial charge is 0.0498 e. The molecule has 1 aliphatic rings. The van der Waals surface area contributed by atoms with Crippen molar-refractivity contribution in [3.63, 3.8) is 0 Å². The van der Waals surface area contributed by atoms with Crippen molar-refractivity contribution in [3.05, 3.63) is 107 Å². The van der Waals surface area contributed by atoms with Gasteiger partial charge in [-0.15, -0.1) is 0 Å². The quantitative estimate of drug-likeness (QED) is 0.263. The molecular weight excluding hydrogens is 458 g/mol. The van der Waals surface area contributed by atoms with Crippen molar-refractivity contribution < 1.29 is 0 Å². The van der Waals surface area contributed by atoms with Crippen molar-refractivity contribution in [2.24, 2.45) is 0 Å². The minimum atomic E-state index is -0.123. The Morgan fingerprint density at radius 2 is 1.26 bits per heavy atom. The molecule has 0 aliphatic heterocycles. The average Bonchev–Trinajstić information content (AvgIpc) is 3.11. The van der Waals surface area contributed by atoms with Crippen LogP contribution in [0.25, 0.3) is 22.3 Å². The van der Waals surface area contributed by atoms with E-state index in [4.69, 9.17) is 0 Å². The predicted octanol–water partition coefficient (Wildman–Crippen LogP) is 10.8. The zero-order valence-corrected chi connectivity index (χ0v) is 24.7. The van der Waals surface area contributed by atoms with E-state index in [0.717, 1.165) is 0 Å². The molecule has 0 unspecified atom stereocenters. The van der Waals surface area contributed by atoms with Gasteiger partial charge in [0, 0.05) is 22.3 Å². The minimum absolute atomic E-state index is 0.0857. The van der Waals surface area contributed by atoms with Gasteiger partial charge in [0.05, 0.1) is 0 Å². The monoisotopic (exact) mass is 501 g/mol. The van der Waals surface area contributed by atoms with Crippen LogP contribution in [0.15, 0.2) is 84.9 Å². The summed E-state index contributed by atoms with van der Waals surface area (Å²) in [4.78, 5) is 2.67. The second-order valence-corrected chi connectivity index (χ2v) is 13.1. The second-order valence-electron chi connectivity index (χ2n) is 13.1. The fourth-order valence-electron chi connectivity index (χ4n) is 6.42. The summed E-state index contributed by atoms with van der Waals surface area (Å²) in [5.41, 5.74) is 13.5. The van der Waals surface area contributed by atoms with Gasteiger partial charge in [-0.25, -0.2) is 0 Å². The first-order valence-corrected chi connectivity index (χ1v) is 14.2. The van der Waals surface area contributed by atoms with Gasteiger partial charge in [0.2, 0.25) is 0 Å². The standard InChI is InChI=1S/C37H43N/c1-24(2)28-20-21-30-29-17-13-14-18-32(29)37(8,9)34(30)35(28)38(36(5,6)7)33-22-19-27(23-31(33)25(3)4)26-15-11-10-12-16-26/h10-25H,1-9H3. The molecule has 196 valence electrons. The maximum Gasteiger partial charge on any atom is 0.0498 e. The van der Waals surface area contributed by atoms with Gasteiger partial charge in [-0.1, -0.05) is 114 Å². The number of benzene rings is 4. The largest absolute Gasteiger partial charge is 0.335 e. The molecule has 0 fully saturated rings. The molecule has 5 rings (SSSR count). The van der Waals surface area contributed by atoms with Crippen LogP contribution < -0.4 is 4.90 Å². The fourth-order valence-corrected chi connectivity index (χ4v) is 6.42. The molecule has 0 saturated heterocycles. The summed E-state index contributed by atoms with van der Waals surface area (Å²) in [6.45, 7) is 21.2. The van der Waals surface area contributed by atoms with Crippen molar-refractivity contribution in [3.8, 4) is 22.3 Å². The summed E-state index contributed by atoms with van der Waals surface area (Å²) in [6.07, 6.45) is 0. The number of nitrogens with zero attached hydrogens (tertiary/aromatic N) is 1. The summed E-state index contributed by atoms with van der Waals surface area (Å²) in [5.74, 6) is 0.800. The van der Waals surface area contributed by atoms with Crippen LogP contribution in [-0.4, -0.2) is 5.54 Å². The highest BCUT2D eigenvalue weighted by atomic mass is 15.2. The van der Waals surface area contributed by atoms with Gasteiger partial charge in [-0.3, -0.25) is 0 Å². The molecule has 0 amide bonds. The van der Waals surface area contributed by atoms with Gasteiger partial charge < -0.3 is 4.90 Å². The highest BCUT2D eigenvalue weighted by Crippen LogP contribution is 2.56. The van der Waals surface area contributed by atoms with Crippen LogP contribution in [0.1, 0.15) is 96.4 Å². The molecule has 1 aliphatic carbocycles. The summed E-state index contributed by atoms with van der Waals surface area (Å²) in [5, 5.41) is 0. The SMILES string of the molecule is CC(C)c1cc(-c2ccccc2)ccc1N(c1c(C(C)C)ccc2c1C(C)(C)c1ccccc1-2)C(C)(C)C. The zero-order chi connectivity index (χ0) is 27.4. The van der Waals surface area contributed by atoms with E-state index in [1.807, 2.05) is 0 Å². The first-order valence-electron chi connectivity index (χ1n) is 14.2. The van der Waals surface area contributed by atoms with E-state index in [0.29, 0.717) is 11.8 Å². The van der Waals surface area contributed by atoms with E-state index < -0.39 is 0 Å². The summed E-state index contributed by atoms with van der Waals surface area (Å²) >= 11 is 0. The Balaban J connectivity index is 1.83. The van der Waals surface area contributed by atoms with Gasteiger partial charge in [-0.05, 0) is 89.2 Å². The van der Waals surface area contributed by atoms with E-state index in [1.165, 1.54) is 55.9 Å². The zero-order valence-electron chi connectivity index (χ0n) is 24.7. The molecule has 0 aromatic heterocycles. The van der Waals surface area contributed by atoms with Gasteiger partial charge in [-0.2, -0.15) is 0 Å². The lowest BCUT2D eigenvalue weighted by Crippen LogP contribution is -2.40. The van der Waals surface area contributed by atoms with Crippen LogP contribution in [0, 0.1) is 0 Å². The number of anilines is 2. The lowest BCUT2D eigenvalue weighted by Gasteiger charge is -2.44. The van der Waals surface area contributed by atoms with Crippen LogP contribution in [0.4, 0.5) is 11.4 Å². The van der Waals surface area contributed by atoms with Gasteiger partial charge in [0.1, 0.15) is 0 Å². The van der Waals surface area contributed by atoms with Gasteiger partial charge in [0.25, 0.3) is 0 Å². The van der Waals surface area contributed by atoms with Crippen LogP contribution in [-0.2, 0) is 5.41 Å². The third-order valence-electron chi connectivity index (χ3n) is 8.24. The van der Waals surface area contributed by atoms with Gasteiger partial charge in [0.15, 0.2) is 0 Å². The Labute approximate surface area is 230 Å². The topological polar surface area (TPSA) is 3.24 Å². The highest BCUT2D eigenvalue weighted by Gasteiger charge is 2.42. The molecule has 0 atom stereocenters. The lowest BCUT2D eigenvalue weighted by molar-refractivity contribution is 0.547. The van der Waals surface area contributed by atoms with Crippen LogP contribution in [0.2, 0.25) is 0 Å². The molecular formula is C37H43N. The number of rotatable bonds is 5. The first-order chi connectivity index (χ1) is 17.9. The maximum atomic E-state index is 2.67. The third kappa shape index (κ3) is 4.27. The average molecular weight is 502 g/mol. The van der Waals surface area contributed by atoms with Crippen molar-refractivity contribution in [1.29, 1.82) is 0 Å². The molecule has 0 saturated carbocycles. The highest BCUT2D eigenvalue weighted by molar-refractivity contribution is 5.90. The molecule has 1 heteroatoms. The van der Waals surface area contributed by atoms with E-state index >= 15 is 0 Å². The second kappa shape index (κ2) is 9.45. The number of hydrogen-bond donors (Lipinski definition) is 0.